The van der Waals surface area contributed by atoms with Crippen molar-refractivity contribution in [2.75, 3.05) is 30.7 Å². The molecular formula is C14H21N3O. The van der Waals surface area contributed by atoms with Gasteiger partial charge in [-0.2, -0.15) is 0 Å². The number of rotatable bonds is 3. The normalized spacial score (nSPS) is 16.5. The van der Waals surface area contributed by atoms with E-state index < -0.39 is 0 Å². The van der Waals surface area contributed by atoms with Gasteiger partial charge in [0.2, 0.25) is 5.91 Å². The maximum atomic E-state index is 12.0. The predicted molar refractivity (Wildman–Crippen MR) is 74.5 cm³/mol. The maximum absolute atomic E-state index is 12.0. The number of piperidine rings is 1. The van der Waals surface area contributed by atoms with Gasteiger partial charge >= 0.3 is 0 Å². The summed E-state index contributed by atoms with van der Waals surface area (Å²) in [5.74, 6) is 0.0469. The van der Waals surface area contributed by atoms with Crippen LogP contribution in [0, 0.1) is 6.92 Å². The molecule has 0 aromatic heterocycles. The molecule has 0 bridgehead atoms. The molecule has 0 radical (unpaired) electrons. The van der Waals surface area contributed by atoms with Gasteiger partial charge in [-0.05, 0) is 50.6 Å². The molecule has 1 saturated heterocycles. The lowest BCUT2D eigenvalue weighted by molar-refractivity contribution is -0.117. The van der Waals surface area contributed by atoms with Gasteiger partial charge in [-0.3, -0.25) is 9.69 Å². The molecule has 1 fully saturated rings. The summed E-state index contributed by atoms with van der Waals surface area (Å²) in [5, 5.41) is 2.94. The number of nitrogens with zero attached hydrogens (tertiary/aromatic N) is 1. The Morgan fingerprint density at radius 1 is 1.33 bits per heavy atom. The first-order valence-electron chi connectivity index (χ1n) is 6.54. The van der Waals surface area contributed by atoms with Gasteiger partial charge < -0.3 is 11.1 Å². The zero-order valence-corrected chi connectivity index (χ0v) is 10.9. The van der Waals surface area contributed by atoms with Gasteiger partial charge in [0.25, 0.3) is 0 Å². The molecule has 0 unspecified atom stereocenters. The van der Waals surface area contributed by atoms with Crippen LogP contribution in [0.5, 0.6) is 0 Å². The Morgan fingerprint density at radius 2 is 2.06 bits per heavy atom. The predicted octanol–water partition coefficient (Wildman–Crippen LogP) is 2.00. The summed E-state index contributed by atoms with van der Waals surface area (Å²) >= 11 is 0. The van der Waals surface area contributed by atoms with Gasteiger partial charge in [0.1, 0.15) is 0 Å². The van der Waals surface area contributed by atoms with Crippen molar-refractivity contribution in [3.05, 3.63) is 23.8 Å². The number of amides is 1. The minimum absolute atomic E-state index is 0.0469. The van der Waals surface area contributed by atoms with E-state index in [-0.39, 0.29) is 5.91 Å². The molecular weight excluding hydrogens is 226 g/mol. The van der Waals surface area contributed by atoms with Crippen LogP contribution in [-0.2, 0) is 4.79 Å². The lowest BCUT2D eigenvalue weighted by Crippen LogP contribution is -2.36. The summed E-state index contributed by atoms with van der Waals surface area (Å²) in [4.78, 5) is 14.2. The van der Waals surface area contributed by atoms with E-state index in [2.05, 4.69) is 10.2 Å². The van der Waals surface area contributed by atoms with Crippen molar-refractivity contribution in [3.8, 4) is 0 Å². The van der Waals surface area contributed by atoms with E-state index in [0.717, 1.165) is 24.3 Å². The molecule has 1 aliphatic rings. The average molecular weight is 247 g/mol. The molecule has 1 aromatic rings. The van der Waals surface area contributed by atoms with Crippen molar-refractivity contribution in [3.63, 3.8) is 0 Å². The smallest absolute Gasteiger partial charge is 0.238 e. The van der Waals surface area contributed by atoms with Crippen LogP contribution < -0.4 is 11.1 Å². The SMILES string of the molecule is Cc1c(N)cccc1NC(=O)CN1CCCCC1. The minimum atomic E-state index is 0.0469. The molecule has 18 heavy (non-hydrogen) atoms. The van der Waals surface area contributed by atoms with Crippen LogP contribution >= 0.6 is 0 Å². The maximum Gasteiger partial charge on any atom is 0.238 e. The van der Waals surface area contributed by atoms with Crippen LogP contribution in [0.15, 0.2) is 18.2 Å². The van der Waals surface area contributed by atoms with Crippen LogP contribution in [-0.4, -0.2) is 30.4 Å². The number of nitrogens with one attached hydrogen (secondary N) is 1. The van der Waals surface area contributed by atoms with Crippen molar-refractivity contribution in [1.29, 1.82) is 0 Å². The fraction of sp³-hybridized carbons (Fsp3) is 0.500. The lowest BCUT2D eigenvalue weighted by Gasteiger charge is -2.25. The Labute approximate surface area is 108 Å². The number of carbonyl (C=O) groups excluding carboxylic acids is 1. The van der Waals surface area contributed by atoms with Gasteiger partial charge in [0, 0.05) is 11.4 Å². The van der Waals surface area contributed by atoms with Gasteiger partial charge in [0.05, 0.1) is 6.54 Å². The van der Waals surface area contributed by atoms with Crippen LogP contribution in [0.25, 0.3) is 0 Å². The largest absolute Gasteiger partial charge is 0.398 e. The number of nitrogen functional groups attached to an aromatic ring is 1. The highest BCUT2D eigenvalue weighted by Crippen LogP contribution is 2.20. The summed E-state index contributed by atoms with van der Waals surface area (Å²) in [5.41, 5.74) is 8.28. The number of likely N-dealkylation sites (tertiary alicyclic amines) is 1. The van der Waals surface area contributed by atoms with E-state index in [0.29, 0.717) is 12.2 Å². The number of benzene rings is 1. The summed E-state index contributed by atoms with van der Waals surface area (Å²) in [7, 11) is 0. The van der Waals surface area contributed by atoms with E-state index in [1.165, 1.54) is 19.3 Å². The van der Waals surface area contributed by atoms with Crippen molar-refractivity contribution in [2.45, 2.75) is 26.2 Å². The molecule has 1 aliphatic heterocycles. The third-order valence-corrected chi connectivity index (χ3v) is 3.47. The average Bonchev–Trinajstić information content (AvgIpc) is 2.36. The van der Waals surface area contributed by atoms with Gasteiger partial charge in [-0.15, -0.1) is 0 Å². The van der Waals surface area contributed by atoms with E-state index in [1.807, 2.05) is 25.1 Å². The monoisotopic (exact) mass is 247 g/mol. The number of hydrogen-bond acceptors (Lipinski definition) is 3. The number of nitrogens with two attached hydrogens (primary N) is 1. The van der Waals surface area contributed by atoms with E-state index in [9.17, 15) is 4.79 Å². The van der Waals surface area contributed by atoms with E-state index >= 15 is 0 Å². The second kappa shape index (κ2) is 5.87. The fourth-order valence-electron chi connectivity index (χ4n) is 2.30. The molecule has 3 N–H and O–H groups in total. The third kappa shape index (κ3) is 3.23. The number of carbonyl (C=O) groups is 1. The molecule has 0 saturated carbocycles. The molecule has 0 aliphatic carbocycles. The summed E-state index contributed by atoms with van der Waals surface area (Å²) in [6, 6.07) is 5.59. The standard InChI is InChI=1S/C14H21N3O/c1-11-12(15)6-5-7-13(11)16-14(18)10-17-8-3-2-4-9-17/h5-7H,2-4,8-10,15H2,1H3,(H,16,18). The van der Waals surface area contributed by atoms with Crippen molar-refractivity contribution < 1.29 is 4.79 Å². The van der Waals surface area contributed by atoms with E-state index in [4.69, 9.17) is 5.73 Å². The first kappa shape index (κ1) is 12.9. The summed E-state index contributed by atoms with van der Waals surface area (Å²) < 4.78 is 0. The van der Waals surface area contributed by atoms with Crippen LogP contribution in [0.2, 0.25) is 0 Å². The van der Waals surface area contributed by atoms with Gasteiger partial charge in [-0.1, -0.05) is 12.5 Å². The number of hydrogen-bond donors (Lipinski definition) is 2. The highest BCUT2D eigenvalue weighted by atomic mass is 16.2. The molecule has 4 heteroatoms. The first-order chi connectivity index (χ1) is 8.66. The lowest BCUT2D eigenvalue weighted by atomic mass is 10.1. The Morgan fingerprint density at radius 3 is 2.78 bits per heavy atom. The highest BCUT2D eigenvalue weighted by molar-refractivity contribution is 5.93. The highest BCUT2D eigenvalue weighted by Gasteiger charge is 2.14. The molecule has 4 nitrogen and oxygen atoms in total. The zero-order chi connectivity index (χ0) is 13.0. The zero-order valence-electron chi connectivity index (χ0n) is 10.9. The molecule has 98 valence electrons. The number of anilines is 2. The fourth-order valence-corrected chi connectivity index (χ4v) is 2.30. The summed E-state index contributed by atoms with van der Waals surface area (Å²) in [6.07, 6.45) is 3.68. The molecule has 1 heterocycles. The topological polar surface area (TPSA) is 58.4 Å². The quantitative estimate of drug-likeness (QED) is 0.803. The Hall–Kier alpha value is -1.55. The van der Waals surface area contributed by atoms with Crippen molar-refractivity contribution >= 4 is 17.3 Å². The van der Waals surface area contributed by atoms with Crippen molar-refractivity contribution in [2.24, 2.45) is 0 Å². The molecule has 2 rings (SSSR count). The van der Waals surface area contributed by atoms with Crippen LogP contribution in [0.4, 0.5) is 11.4 Å². The van der Waals surface area contributed by atoms with E-state index in [1.54, 1.807) is 0 Å². The Kier molecular flexibility index (Phi) is 4.20. The second-order valence-electron chi connectivity index (χ2n) is 4.90. The van der Waals surface area contributed by atoms with Crippen molar-refractivity contribution in [1.82, 2.24) is 4.90 Å². The van der Waals surface area contributed by atoms with Crippen LogP contribution in [0.3, 0.4) is 0 Å². The molecule has 0 atom stereocenters. The molecule has 1 amide bonds. The Balaban J connectivity index is 1.92. The molecule has 1 aromatic carbocycles. The van der Waals surface area contributed by atoms with Gasteiger partial charge in [-0.25, -0.2) is 0 Å². The summed E-state index contributed by atoms with van der Waals surface area (Å²) in [6.45, 7) is 4.47. The minimum Gasteiger partial charge on any atom is -0.398 e. The molecule has 0 spiro atoms. The van der Waals surface area contributed by atoms with Crippen LogP contribution in [0.1, 0.15) is 24.8 Å². The third-order valence-electron chi connectivity index (χ3n) is 3.47. The van der Waals surface area contributed by atoms with Gasteiger partial charge in [0.15, 0.2) is 0 Å². The second-order valence-corrected chi connectivity index (χ2v) is 4.90. The first-order valence-corrected chi connectivity index (χ1v) is 6.54. The Bertz CT molecular complexity index is 425.